The van der Waals surface area contributed by atoms with Gasteiger partial charge >= 0.3 is 12.1 Å². The summed E-state index contributed by atoms with van der Waals surface area (Å²) in [5, 5.41) is 6.56. The van der Waals surface area contributed by atoms with E-state index in [1.807, 2.05) is 24.0 Å². The van der Waals surface area contributed by atoms with Crippen molar-refractivity contribution in [2.24, 2.45) is 23.7 Å². The second-order valence-corrected chi connectivity index (χ2v) is 15.5. The summed E-state index contributed by atoms with van der Waals surface area (Å²) < 4.78 is 29.9. The van der Waals surface area contributed by atoms with Crippen LogP contribution in [0.5, 0.6) is 0 Å². The summed E-state index contributed by atoms with van der Waals surface area (Å²) in [4.78, 5) is 58.2. The number of likely N-dealkylation sites (tertiary alicyclic amines) is 1. The largest absolute Gasteiger partial charge is 0.458 e. The number of ether oxygens (including phenoxy) is 3. The molecule has 50 heavy (non-hydrogen) atoms. The molecule has 4 atom stereocenters. The van der Waals surface area contributed by atoms with Gasteiger partial charge < -0.3 is 34.7 Å². The van der Waals surface area contributed by atoms with Crippen LogP contribution in [0.2, 0.25) is 0 Å². The van der Waals surface area contributed by atoms with Gasteiger partial charge in [0.15, 0.2) is 0 Å². The lowest BCUT2D eigenvalue weighted by molar-refractivity contribution is -0.142. The summed E-state index contributed by atoms with van der Waals surface area (Å²) in [6.45, 7) is 7.08. The van der Waals surface area contributed by atoms with Gasteiger partial charge in [0.25, 0.3) is 0 Å². The molecule has 1 aliphatic heterocycles. The highest BCUT2D eigenvalue weighted by atomic mass is 19.1. The van der Waals surface area contributed by atoms with Crippen LogP contribution in [0, 0.1) is 23.7 Å². The van der Waals surface area contributed by atoms with Gasteiger partial charge in [-0.05, 0) is 102 Å². The molecule has 1 aromatic heterocycles. The molecule has 3 amide bonds. The first-order chi connectivity index (χ1) is 23.9. The minimum absolute atomic E-state index is 0.00848. The third-order valence-electron chi connectivity index (χ3n) is 10.8. The van der Waals surface area contributed by atoms with Crippen molar-refractivity contribution in [3.63, 3.8) is 0 Å². The highest BCUT2D eigenvalue weighted by Crippen LogP contribution is 2.41. The van der Waals surface area contributed by atoms with Gasteiger partial charge in [-0.25, -0.2) is 14.0 Å². The van der Waals surface area contributed by atoms with Crippen LogP contribution >= 0.6 is 0 Å². The van der Waals surface area contributed by atoms with Gasteiger partial charge in [0, 0.05) is 36.2 Å². The molecule has 2 heterocycles. The number of fused-ring (bicyclic) bond motifs is 1. The molecule has 2 saturated carbocycles. The quantitative estimate of drug-likeness (QED) is 0.220. The fraction of sp³-hybridized carbons (Fsp3) is 0.684. The number of benzene rings is 1. The topological polar surface area (TPSA) is 139 Å². The number of methoxy groups -OCH3 is 1. The summed E-state index contributed by atoms with van der Waals surface area (Å²) in [6.07, 6.45) is 7.91. The van der Waals surface area contributed by atoms with Crippen LogP contribution in [0.1, 0.15) is 102 Å². The number of halogens is 1. The van der Waals surface area contributed by atoms with E-state index in [4.69, 9.17) is 14.2 Å². The highest BCUT2D eigenvalue weighted by molar-refractivity contribution is 6.01. The molecule has 0 spiro atoms. The number of aromatic nitrogens is 1. The number of nitrogens with zero attached hydrogens (tertiary/aromatic N) is 1. The van der Waals surface area contributed by atoms with Gasteiger partial charge in [-0.2, -0.15) is 0 Å². The smallest absolute Gasteiger partial charge is 0.407 e. The van der Waals surface area contributed by atoms with Crippen LogP contribution in [-0.4, -0.2) is 84.5 Å². The maximum Gasteiger partial charge on any atom is 0.407 e. The molecule has 11 nitrogen and oxygen atoms in total. The predicted octanol–water partition coefficient (Wildman–Crippen LogP) is 6.76. The molecule has 2 aliphatic carbocycles. The number of carbonyl (C=O) groups is 4. The van der Waals surface area contributed by atoms with E-state index < -0.39 is 36.4 Å². The van der Waals surface area contributed by atoms with Crippen LogP contribution in [0.15, 0.2) is 24.3 Å². The molecule has 276 valence electrons. The summed E-state index contributed by atoms with van der Waals surface area (Å²) in [6, 6.07) is 5.89. The Balaban J connectivity index is 1.26. The normalized spacial score (nSPS) is 24.4. The van der Waals surface area contributed by atoms with Crippen molar-refractivity contribution in [3.8, 4) is 0 Å². The second kappa shape index (κ2) is 16.6. The maximum atomic E-state index is 14.2. The Morgan fingerprint density at radius 1 is 1.00 bits per heavy atom. The van der Waals surface area contributed by atoms with Crippen molar-refractivity contribution in [2.75, 3.05) is 32.3 Å². The van der Waals surface area contributed by atoms with Crippen molar-refractivity contribution in [1.82, 2.24) is 15.2 Å². The monoisotopic (exact) mass is 698 g/mol. The number of carbonyl (C=O) groups excluding carboxylic acids is 4. The number of anilines is 1. The first-order valence-electron chi connectivity index (χ1n) is 18.4. The molecule has 1 aromatic carbocycles. The van der Waals surface area contributed by atoms with E-state index in [1.54, 1.807) is 40.0 Å². The van der Waals surface area contributed by atoms with Crippen molar-refractivity contribution in [1.29, 1.82) is 0 Å². The van der Waals surface area contributed by atoms with E-state index in [2.05, 4.69) is 15.6 Å². The molecular formula is C38H55FN4O7. The van der Waals surface area contributed by atoms with Crippen LogP contribution in [-0.2, 0) is 23.8 Å². The van der Waals surface area contributed by atoms with Crippen molar-refractivity contribution in [2.45, 2.75) is 116 Å². The van der Waals surface area contributed by atoms with Crippen molar-refractivity contribution >= 4 is 40.5 Å². The Morgan fingerprint density at radius 2 is 1.72 bits per heavy atom. The summed E-state index contributed by atoms with van der Waals surface area (Å²) >= 11 is 0. The van der Waals surface area contributed by atoms with Crippen LogP contribution < -0.4 is 10.6 Å². The molecule has 3 N–H and O–H groups in total. The maximum absolute atomic E-state index is 14.2. The molecule has 1 saturated heterocycles. The average molecular weight is 699 g/mol. The lowest BCUT2D eigenvalue weighted by atomic mass is 9.76. The molecule has 0 unspecified atom stereocenters. The van der Waals surface area contributed by atoms with Crippen molar-refractivity contribution in [3.05, 3.63) is 30.0 Å². The number of hydrogen-bond acceptors (Lipinski definition) is 7. The number of hydrogen-bond donors (Lipinski definition) is 3. The highest BCUT2D eigenvalue weighted by Gasteiger charge is 2.47. The number of amides is 3. The first kappa shape index (κ1) is 37.6. The second-order valence-electron chi connectivity index (χ2n) is 15.5. The summed E-state index contributed by atoms with van der Waals surface area (Å²) in [5.41, 5.74) is 0.955. The van der Waals surface area contributed by atoms with E-state index in [9.17, 15) is 23.6 Å². The third kappa shape index (κ3) is 9.35. The number of rotatable bonds is 11. The summed E-state index contributed by atoms with van der Waals surface area (Å²) in [5.74, 6) is -0.568. The average Bonchev–Trinajstić information content (AvgIpc) is 3.74. The SMILES string of the molecule is CO[C@@H](C)COC(=O)c1cc2cc(NC(=O)[C@@H]3[C@H](C4CCCCC4)CCN3C(=O)C3CCC([C@@H](CF)NC(=O)OC(C)(C)C)CC3)ccc2[nH]1. The molecule has 12 heteroatoms. The zero-order valence-corrected chi connectivity index (χ0v) is 30.2. The zero-order chi connectivity index (χ0) is 36.0. The fourth-order valence-electron chi connectivity index (χ4n) is 8.08. The van der Waals surface area contributed by atoms with E-state index in [1.165, 1.54) is 6.42 Å². The Hall–Kier alpha value is -3.67. The number of aromatic amines is 1. The van der Waals surface area contributed by atoms with Gasteiger partial charge in [-0.3, -0.25) is 9.59 Å². The van der Waals surface area contributed by atoms with E-state index >= 15 is 0 Å². The standard InChI is InChI=1S/C38H55FN4O7/c1-23(48-5)22-49-36(46)31-20-27-19-28(15-16-30(27)41-31)40-34(44)33-29(24-9-7-6-8-10-24)17-18-43(33)35(45)26-13-11-25(12-14-26)32(21-39)42-37(47)50-38(2,3)4/h15-16,19-20,23-26,29,32-33,41H,6-14,17-18,21-22H2,1-5H3,(H,40,44)(H,42,47)/t23-,25?,26?,29-,32+,33-/m0/s1. The first-order valence-corrected chi connectivity index (χ1v) is 18.4. The lowest BCUT2D eigenvalue weighted by Gasteiger charge is -2.37. The molecule has 3 aliphatic rings. The number of H-pyrrole nitrogens is 1. The zero-order valence-electron chi connectivity index (χ0n) is 30.2. The van der Waals surface area contributed by atoms with Crippen LogP contribution in [0.25, 0.3) is 10.9 Å². The minimum Gasteiger partial charge on any atom is -0.458 e. The fourth-order valence-corrected chi connectivity index (χ4v) is 8.08. The van der Waals surface area contributed by atoms with Gasteiger partial charge in [-0.1, -0.05) is 32.1 Å². The van der Waals surface area contributed by atoms with Gasteiger partial charge in [0.2, 0.25) is 11.8 Å². The predicted molar refractivity (Wildman–Crippen MR) is 188 cm³/mol. The Morgan fingerprint density at radius 3 is 2.38 bits per heavy atom. The van der Waals surface area contributed by atoms with Gasteiger partial charge in [0.1, 0.15) is 30.6 Å². The van der Waals surface area contributed by atoms with E-state index in [-0.39, 0.29) is 42.3 Å². The van der Waals surface area contributed by atoms with Crippen molar-refractivity contribution < 1.29 is 37.8 Å². The third-order valence-corrected chi connectivity index (χ3v) is 10.8. The van der Waals surface area contributed by atoms with Gasteiger partial charge in [-0.15, -0.1) is 0 Å². The molecule has 0 bridgehead atoms. The number of nitrogens with one attached hydrogen (secondary N) is 3. The Labute approximate surface area is 294 Å². The number of esters is 1. The lowest BCUT2D eigenvalue weighted by Crippen LogP contribution is -2.50. The van der Waals surface area contributed by atoms with Crippen LogP contribution in [0.3, 0.4) is 0 Å². The molecular weight excluding hydrogens is 643 g/mol. The molecule has 2 aromatic rings. The van der Waals surface area contributed by atoms with Crippen LogP contribution in [0.4, 0.5) is 14.9 Å². The molecule has 5 rings (SSSR count). The van der Waals surface area contributed by atoms with Gasteiger partial charge in [0.05, 0.1) is 12.1 Å². The number of alkyl carbamates (subject to hydrolysis) is 1. The molecule has 3 fully saturated rings. The summed E-state index contributed by atoms with van der Waals surface area (Å²) in [7, 11) is 1.56. The van der Waals surface area contributed by atoms with E-state index in [0.717, 1.165) is 43.0 Å². The minimum atomic E-state index is -0.701. The van der Waals surface area contributed by atoms with E-state index in [0.29, 0.717) is 49.5 Å². The molecule has 0 radical (unpaired) electrons. The Kier molecular flexibility index (Phi) is 12.5. The number of alkyl halides is 1. The Bertz CT molecular complexity index is 1490.